The van der Waals surface area contributed by atoms with Gasteiger partial charge in [-0.2, -0.15) is 0 Å². The molecule has 108 valence electrons. The molecular formula is C16H15NO4. The molecule has 3 aliphatic rings. The number of hydroxylamine groups is 2. The summed E-state index contributed by atoms with van der Waals surface area (Å²) in [7, 11) is 0. The monoisotopic (exact) mass is 285 g/mol. The van der Waals surface area contributed by atoms with Gasteiger partial charge in [0, 0.05) is 0 Å². The van der Waals surface area contributed by atoms with Crippen LogP contribution in [-0.2, 0) is 9.63 Å². The van der Waals surface area contributed by atoms with Crippen LogP contribution in [0.25, 0.3) is 0 Å². The highest BCUT2D eigenvalue weighted by Gasteiger charge is 2.56. The second kappa shape index (κ2) is 4.16. The molecule has 0 bridgehead atoms. The second-order valence-corrected chi connectivity index (χ2v) is 6.17. The lowest BCUT2D eigenvalue weighted by Crippen LogP contribution is -2.36. The minimum absolute atomic E-state index is 0.0930. The zero-order chi connectivity index (χ0) is 14.6. The van der Waals surface area contributed by atoms with E-state index in [4.69, 9.17) is 4.84 Å². The Kier molecular flexibility index (Phi) is 2.49. The van der Waals surface area contributed by atoms with Crippen molar-refractivity contribution in [3.05, 3.63) is 35.4 Å². The van der Waals surface area contributed by atoms with Crippen LogP contribution in [0.2, 0.25) is 0 Å². The van der Waals surface area contributed by atoms with Gasteiger partial charge in [0.1, 0.15) is 0 Å². The summed E-state index contributed by atoms with van der Waals surface area (Å²) in [4.78, 5) is 41.8. The maximum atomic E-state index is 12.3. The predicted molar refractivity (Wildman–Crippen MR) is 72.0 cm³/mol. The van der Waals surface area contributed by atoms with E-state index in [0.29, 0.717) is 16.2 Å². The normalized spacial score (nSPS) is 25.3. The van der Waals surface area contributed by atoms with E-state index in [1.54, 1.807) is 24.3 Å². The number of carbonyl (C=O) groups excluding carboxylic acids is 3. The summed E-state index contributed by atoms with van der Waals surface area (Å²) < 4.78 is 0. The predicted octanol–water partition coefficient (Wildman–Crippen LogP) is 2.32. The first kappa shape index (κ1) is 12.6. The molecular weight excluding hydrogens is 270 g/mol. The van der Waals surface area contributed by atoms with Gasteiger partial charge in [0.15, 0.2) is 0 Å². The van der Waals surface area contributed by atoms with Gasteiger partial charge < -0.3 is 4.84 Å². The van der Waals surface area contributed by atoms with Gasteiger partial charge in [0.25, 0.3) is 11.8 Å². The molecule has 1 aliphatic heterocycles. The molecule has 0 saturated heterocycles. The zero-order valence-corrected chi connectivity index (χ0v) is 11.5. The quantitative estimate of drug-likeness (QED) is 0.782. The molecule has 21 heavy (non-hydrogen) atoms. The summed E-state index contributed by atoms with van der Waals surface area (Å²) in [6, 6.07) is 6.51. The van der Waals surface area contributed by atoms with E-state index in [0.717, 1.165) is 32.1 Å². The lowest BCUT2D eigenvalue weighted by atomic mass is 9.93. The Hall–Kier alpha value is -2.17. The maximum Gasteiger partial charge on any atom is 0.336 e. The number of rotatable bonds is 2. The standard InChI is InChI=1S/C16H15NO4/c18-13-10-4-1-2-5-11(10)14(19)17(13)21-15(20)12-6-3-7-16(12)8-9-16/h1-2,4-5,12H,3,6-9H2. The van der Waals surface area contributed by atoms with Crippen LogP contribution in [0.15, 0.2) is 24.3 Å². The molecule has 1 heterocycles. The van der Waals surface area contributed by atoms with Crippen LogP contribution >= 0.6 is 0 Å². The number of benzene rings is 1. The molecule has 1 aromatic rings. The summed E-state index contributed by atoms with van der Waals surface area (Å²) in [5.41, 5.74) is 0.682. The van der Waals surface area contributed by atoms with E-state index in [-0.39, 0.29) is 11.3 Å². The molecule has 1 aromatic carbocycles. The van der Waals surface area contributed by atoms with Crippen LogP contribution in [0.5, 0.6) is 0 Å². The van der Waals surface area contributed by atoms with Gasteiger partial charge in [-0.05, 0) is 43.2 Å². The van der Waals surface area contributed by atoms with Gasteiger partial charge in [-0.1, -0.05) is 23.6 Å². The van der Waals surface area contributed by atoms with Crippen LogP contribution in [0.1, 0.15) is 52.8 Å². The van der Waals surface area contributed by atoms with E-state index in [2.05, 4.69) is 0 Å². The summed E-state index contributed by atoms with van der Waals surface area (Å²) in [6.07, 6.45) is 4.96. The van der Waals surface area contributed by atoms with Crippen LogP contribution in [0.3, 0.4) is 0 Å². The molecule has 0 radical (unpaired) electrons. The average Bonchev–Trinajstić information content (AvgIpc) is 3.07. The zero-order valence-electron chi connectivity index (χ0n) is 11.5. The fourth-order valence-corrected chi connectivity index (χ4v) is 3.67. The minimum Gasteiger partial charge on any atom is -0.329 e. The van der Waals surface area contributed by atoms with Gasteiger partial charge in [-0.25, -0.2) is 4.79 Å². The van der Waals surface area contributed by atoms with E-state index in [1.807, 2.05) is 0 Å². The highest BCUT2D eigenvalue weighted by molar-refractivity contribution is 6.20. The second-order valence-electron chi connectivity index (χ2n) is 6.17. The number of amides is 2. The Balaban J connectivity index is 1.55. The number of imide groups is 1. The van der Waals surface area contributed by atoms with E-state index < -0.39 is 17.8 Å². The number of carbonyl (C=O) groups is 3. The summed E-state index contributed by atoms with van der Waals surface area (Å²) in [6.45, 7) is 0. The van der Waals surface area contributed by atoms with Gasteiger partial charge >= 0.3 is 5.97 Å². The van der Waals surface area contributed by atoms with Crippen molar-refractivity contribution in [1.82, 2.24) is 5.06 Å². The third kappa shape index (κ3) is 1.73. The topological polar surface area (TPSA) is 63.7 Å². The van der Waals surface area contributed by atoms with E-state index in [9.17, 15) is 14.4 Å². The highest BCUT2D eigenvalue weighted by Crippen LogP contribution is 2.61. The lowest BCUT2D eigenvalue weighted by Gasteiger charge is -2.19. The van der Waals surface area contributed by atoms with Crippen molar-refractivity contribution in [3.8, 4) is 0 Å². The molecule has 5 heteroatoms. The number of hydrogen-bond donors (Lipinski definition) is 0. The maximum absolute atomic E-state index is 12.3. The molecule has 0 aromatic heterocycles. The van der Waals surface area contributed by atoms with Gasteiger partial charge in [0.2, 0.25) is 0 Å². The molecule has 0 N–H and O–H groups in total. The van der Waals surface area contributed by atoms with Crippen molar-refractivity contribution in [2.45, 2.75) is 32.1 Å². The van der Waals surface area contributed by atoms with Crippen molar-refractivity contribution in [1.29, 1.82) is 0 Å². The Labute approximate surface area is 121 Å². The van der Waals surface area contributed by atoms with Crippen LogP contribution in [0.4, 0.5) is 0 Å². The highest BCUT2D eigenvalue weighted by atomic mass is 16.7. The van der Waals surface area contributed by atoms with Gasteiger partial charge in [0.05, 0.1) is 17.0 Å². The minimum atomic E-state index is -0.549. The molecule has 2 saturated carbocycles. The first-order valence-electron chi connectivity index (χ1n) is 7.32. The largest absolute Gasteiger partial charge is 0.336 e. The Morgan fingerprint density at radius 3 is 2.29 bits per heavy atom. The lowest BCUT2D eigenvalue weighted by molar-refractivity contribution is -0.175. The van der Waals surface area contributed by atoms with Crippen LogP contribution < -0.4 is 0 Å². The summed E-state index contributed by atoms with van der Waals surface area (Å²) >= 11 is 0. The van der Waals surface area contributed by atoms with E-state index >= 15 is 0 Å². The Morgan fingerprint density at radius 1 is 1.10 bits per heavy atom. The fraction of sp³-hybridized carbons (Fsp3) is 0.438. The molecule has 2 aliphatic carbocycles. The number of fused-ring (bicyclic) bond motifs is 1. The third-order valence-corrected chi connectivity index (χ3v) is 5.02. The number of hydrogen-bond acceptors (Lipinski definition) is 4. The third-order valence-electron chi connectivity index (χ3n) is 5.02. The van der Waals surface area contributed by atoms with Crippen LogP contribution in [0, 0.1) is 11.3 Å². The number of nitrogens with zero attached hydrogens (tertiary/aromatic N) is 1. The first-order chi connectivity index (χ1) is 10.1. The van der Waals surface area contributed by atoms with Gasteiger partial charge in [-0.15, -0.1) is 0 Å². The molecule has 4 rings (SSSR count). The average molecular weight is 285 g/mol. The van der Waals surface area contributed by atoms with Crippen LogP contribution in [-0.4, -0.2) is 22.8 Å². The molecule has 5 nitrogen and oxygen atoms in total. The van der Waals surface area contributed by atoms with Crippen molar-refractivity contribution in [2.24, 2.45) is 11.3 Å². The molecule has 1 spiro atoms. The van der Waals surface area contributed by atoms with Gasteiger partial charge in [-0.3, -0.25) is 9.59 Å². The Morgan fingerprint density at radius 2 is 1.71 bits per heavy atom. The van der Waals surface area contributed by atoms with Crippen molar-refractivity contribution in [2.75, 3.05) is 0 Å². The summed E-state index contributed by atoms with van der Waals surface area (Å²) in [5.74, 6) is -1.69. The smallest absolute Gasteiger partial charge is 0.329 e. The first-order valence-corrected chi connectivity index (χ1v) is 7.32. The molecule has 2 fully saturated rings. The molecule has 2 amide bonds. The van der Waals surface area contributed by atoms with Crippen molar-refractivity contribution in [3.63, 3.8) is 0 Å². The van der Waals surface area contributed by atoms with E-state index in [1.165, 1.54) is 0 Å². The van der Waals surface area contributed by atoms with Crippen molar-refractivity contribution >= 4 is 17.8 Å². The SMILES string of the molecule is O=C(ON1C(=O)c2ccccc2C1=O)C1CCCC12CC2. The fourth-order valence-electron chi connectivity index (χ4n) is 3.67. The summed E-state index contributed by atoms with van der Waals surface area (Å²) in [5, 5.41) is 0.626. The van der Waals surface area contributed by atoms with Crippen molar-refractivity contribution < 1.29 is 19.2 Å². The molecule has 1 unspecified atom stereocenters. The molecule has 1 atom stereocenters. The Bertz CT molecular complexity index is 627.